The average molecular weight is 468 g/mol. The number of hydrogen-bond acceptors (Lipinski definition) is 8. The highest BCUT2D eigenvalue weighted by Gasteiger charge is 2.91. The van der Waals surface area contributed by atoms with Crippen molar-refractivity contribution in [3.05, 3.63) is 0 Å². The number of methoxy groups -OCH3 is 4. The lowest BCUT2D eigenvalue weighted by Crippen LogP contribution is -2.82. The Morgan fingerprint density at radius 3 is 2.42 bits per heavy atom. The van der Waals surface area contributed by atoms with Crippen LogP contribution in [0.1, 0.15) is 32.6 Å². The molecule has 1 aliphatic heterocycles. The third-order valence-corrected chi connectivity index (χ3v) is 11.5. The molecule has 1 heterocycles. The molecule has 0 amide bonds. The minimum Gasteiger partial charge on any atom is -0.392 e. The summed E-state index contributed by atoms with van der Waals surface area (Å²) < 4.78 is 24.2. The first-order chi connectivity index (χ1) is 15.8. The van der Waals surface area contributed by atoms with Crippen molar-refractivity contribution >= 4 is 0 Å². The SMILES string of the molecule is CCN1C[C@]2(COC)CC[C@H](OC)[C@]34C1[C@](O)([C@@H](OC)[C@H]23)[C@@]1(O)C[C@H](OC)[C@H]2C[C@@H]4[C@@H]1[C@H]2O. The maximum atomic E-state index is 12.9. The second-order valence-corrected chi connectivity index (χ2v) is 11.9. The lowest BCUT2D eigenvalue weighted by molar-refractivity contribution is -0.318. The van der Waals surface area contributed by atoms with Gasteiger partial charge in [0.1, 0.15) is 11.2 Å². The summed E-state index contributed by atoms with van der Waals surface area (Å²) in [6, 6.07) is -0.312. The summed E-state index contributed by atoms with van der Waals surface area (Å²) >= 11 is 0. The van der Waals surface area contributed by atoms with Gasteiger partial charge >= 0.3 is 0 Å². The summed E-state index contributed by atoms with van der Waals surface area (Å²) in [5.41, 5.74) is -3.70. The number of fused-ring (bicyclic) bond motifs is 2. The zero-order valence-electron chi connectivity index (χ0n) is 20.6. The van der Waals surface area contributed by atoms with Gasteiger partial charge in [0.05, 0.1) is 37.1 Å². The molecule has 13 atom stereocenters. The van der Waals surface area contributed by atoms with E-state index in [1.807, 2.05) is 0 Å². The highest BCUT2D eigenvalue weighted by atomic mass is 16.5. The number of aliphatic hydroxyl groups excluding tert-OH is 1. The molecule has 6 rings (SSSR count). The Bertz CT molecular complexity index is 814. The van der Waals surface area contributed by atoms with Gasteiger partial charge in [-0.25, -0.2) is 0 Å². The van der Waals surface area contributed by atoms with E-state index in [1.54, 1.807) is 28.4 Å². The van der Waals surface area contributed by atoms with Crippen LogP contribution in [0.2, 0.25) is 0 Å². The number of likely N-dealkylation sites (N-methyl/N-ethyl adjacent to an activating group) is 1. The van der Waals surface area contributed by atoms with Gasteiger partial charge in [-0.1, -0.05) is 6.92 Å². The molecular weight excluding hydrogens is 426 g/mol. The average Bonchev–Trinajstić information content (AvgIpc) is 3.16. The van der Waals surface area contributed by atoms with Crippen LogP contribution in [0.5, 0.6) is 0 Å². The molecule has 188 valence electrons. The van der Waals surface area contributed by atoms with E-state index >= 15 is 0 Å². The second kappa shape index (κ2) is 7.13. The van der Waals surface area contributed by atoms with E-state index in [0.29, 0.717) is 13.0 Å². The van der Waals surface area contributed by atoms with Crippen LogP contribution in [0.15, 0.2) is 0 Å². The summed E-state index contributed by atoms with van der Waals surface area (Å²) in [4.78, 5) is 2.38. The second-order valence-electron chi connectivity index (χ2n) is 11.9. The highest BCUT2D eigenvalue weighted by molar-refractivity contribution is 5.41. The summed E-state index contributed by atoms with van der Waals surface area (Å²) in [6.45, 7) is 4.28. The van der Waals surface area contributed by atoms with E-state index in [0.717, 1.165) is 32.4 Å². The number of hydrogen-bond donors (Lipinski definition) is 3. The Labute approximate surface area is 196 Å². The van der Waals surface area contributed by atoms with E-state index < -0.39 is 34.7 Å². The van der Waals surface area contributed by atoms with Crippen LogP contribution in [0.3, 0.4) is 0 Å². The summed E-state index contributed by atoms with van der Waals surface area (Å²) in [6.07, 6.45) is 1.21. The molecule has 0 aromatic rings. The van der Waals surface area contributed by atoms with E-state index in [4.69, 9.17) is 18.9 Å². The number of nitrogens with zero attached hydrogens (tertiary/aromatic N) is 1. The maximum Gasteiger partial charge on any atom is 0.136 e. The fourth-order valence-corrected chi connectivity index (χ4v) is 11.0. The third-order valence-electron chi connectivity index (χ3n) is 11.5. The van der Waals surface area contributed by atoms with Crippen LogP contribution in [-0.4, -0.2) is 110 Å². The van der Waals surface area contributed by atoms with Crippen molar-refractivity contribution in [2.75, 3.05) is 48.1 Å². The molecule has 8 nitrogen and oxygen atoms in total. The monoisotopic (exact) mass is 467 g/mol. The van der Waals surface area contributed by atoms with Gasteiger partial charge in [-0.15, -0.1) is 0 Å². The zero-order chi connectivity index (χ0) is 23.6. The lowest BCUT2D eigenvalue weighted by Gasteiger charge is -2.70. The maximum absolute atomic E-state index is 12.9. The number of piperidine rings is 1. The summed E-state index contributed by atoms with van der Waals surface area (Å²) in [5.74, 6) is -0.492. The number of rotatable bonds is 6. The molecular formula is C25H41NO7. The molecule has 5 aliphatic carbocycles. The molecule has 33 heavy (non-hydrogen) atoms. The number of ether oxygens (including phenoxy) is 4. The molecule has 0 radical (unpaired) electrons. The Morgan fingerprint density at radius 1 is 1.06 bits per heavy atom. The van der Waals surface area contributed by atoms with Crippen LogP contribution < -0.4 is 0 Å². The lowest BCUT2D eigenvalue weighted by atomic mass is 9.42. The zero-order valence-corrected chi connectivity index (χ0v) is 20.6. The molecule has 5 saturated carbocycles. The van der Waals surface area contributed by atoms with Crippen molar-refractivity contribution in [3.8, 4) is 0 Å². The van der Waals surface area contributed by atoms with Crippen LogP contribution in [0.4, 0.5) is 0 Å². The fraction of sp³-hybridized carbons (Fsp3) is 1.00. The Morgan fingerprint density at radius 2 is 1.82 bits per heavy atom. The third kappa shape index (κ3) is 2.20. The van der Waals surface area contributed by atoms with Crippen LogP contribution in [0, 0.1) is 34.5 Å². The predicted molar refractivity (Wildman–Crippen MR) is 119 cm³/mol. The smallest absolute Gasteiger partial charge is 0.136 e. The van der Waals surface area contributed by atoms with E-state index in [9.17, 15) is 15.3 Å². The molecule has 1 unspecified atom stereocenters. The van der Waals surface area contributed by atoms with Crippen molar-refractivity contribution < 1.29 is 34.3 Å². The molecule has 1 saturated heterocycles. The minimum atomic E-state index is -1.55. The van der Waals surface area contributed by atoms with Gasteiger partial charge in [-0.3, -0.25) is 4.90 Å². The molecule has 1 spiro atoms. The van der Waals surface area contributed by atoms with Gasteiger partial charge in [0, 0.05) is 70.0 Å². The van der Waals surface area contributed by atoms with Gasteiger partial charge in [0.25, 0.3) is 0 Å². The van der Waals surface area contributed by atoms with Gasteiger partial charge in [-0.05, 0) is 31.7 Å². The van der Waals surface area contributed by atoms with Crippen molar-refractivity contribution in [1.29, 1.82) is 0 Å². The molecule has 6 aliphatic rings. The molecule has 0 aromatic carbocycles. The Hall–Kier alpha value is -0.320. The standard InChI is InChI=1S/C25H41NO7/c1-6-26-11-22(12-30-2)8-7-16(32-4)24-14-9-13-15(31-3)10-23(28,17(14)18(13)27)25(29,21(24)26)20(33-5)19(22)24/h13-21,27-29H,6-12H2,1-5H3/t13-,14-,15+,16+,17-,18+,19-,20+,21?,22+,23-,24+,25-/m1/s1. The Kier molecular flexibility index (Phi) is 4.99. The quantitative estimate of drug-likeness (QED) is 0.512. The molecule has 0 aromatic heterocycles. The first kappa shape index (κ1) is 23.1. The van der Waals surface area contributed by atoms with Crippen molar-refractivity contribution in [2.24, 2.45) is 34.5 Å². The highest BCUT2D eigenvalue weighted by Crippen LogP contribution is 2.80. The van der Waals surface area contributed by atoms with Crippen molar-refractivity contribution in [2.45, 2.75) is 74.3 Å². The van der Waals surface area contributed by atoms with Gasteiger partial charge in [0.15, 0.2) is 0 Å². The molecule has 7 bridgehead atoms. The topological polar surface area (TPSA) is 101 Å². The van der Waals surface area contributed by atoms with E-state index in [2.05, 4.69) is 11.8 Å². The normalized spacial score (nSPS) is 60.9. The molecule has 8 heteroatoms. The van der Waals surface area contributed by atoms with Crippen molar-refractivity contribution in [1.82, 2.24) is 4.90 Å². The Balaban J connectivity index is 1.68. The molecule has 6 fully saturated rings. The largest absolute Gasteiger partial charge is 0.392 e. The van der Waals surface area contributed by atoms with Gasteiger partial charge in [-0.2, -0.15) is 0 Å². The summed E-state index contributed by atoms with van der Waals surface area (Å²) in [5, 5.41) is 37.1. The van der Waals surface area contributed by atoms with Crippen LogP contribution in [-0.2, 0) is 18.9 Å². The van der Waals surface area contributed by atoms with E-state index in [-0.39, 0.29) is 41.4 Å². The van der Waals surface area contributed by atoms with Crippen LogP contribution in [0.25, 0.3) is 0 Å². The molecule has 3 N–H and O–H groups in total. The first-order valence-electron chi connectivity index (χ1n) is 12.7. The number of likely N-dealkylation sites (tertiary alicyclic amines) is 1. The van der Waals surface area contributed by atoms with E-state index in [1.165, 1.54) is 0 Å². The predicted octanol–water partition coefficient (Wildman–Crippen LogP) is 0.271. The fourth-order valence-electron chi connectivity index (χ4n) is 11.0. The first-order valence-corrected chi connectivity index (χ1v) is 12.7. The van der Waals surface area contributed by atoms with Crippen molar-refractivity contribution in [3.63, 3.8) is 0 Å². The van der Waals surface area contributed by atoms with Gasteiger partial charge in [0.2, 0.25) is 0 Å². The van der Waals surface area contributed by atoms with Crippen LogP contribution >= 0.6 is 0 Å². The summed E-state index contributed by atoms with van der Waals surface area (Å²) in [7, 11) is 6.85. The van der Waals surface area contributed by atoms with Gasteiger partial charge < -0.3 is 34.3 Å². The minimum absolute atomic E-state index is 0.00825. The number of aliphatic hydroxyl groups is 3.